The Bertz CT molecular complexity index is 910. The van der Waals surface area contributed by atoms with Gasteiger partial charge in [-0.15, -0.1) is 37.2 Å². The van der Waals surface area contributed by atoms with E-state index in [1.54, 1.807) is 0 Å². The summed E-state index contributed by atoms with van der Waals surface area (Å²) >= 11 is 0. The van der Waals surface area contributed by atoms with Crippen molar-refractivity contribution < 1.29 is 0 Å². The third-order valence-electron chi connectivity index (χ3n) is 4.97. The van der Waals surface area contributed by atoms with Crippen molar-refractivity contribution in [1.29, 1.82) is 0 Å². The molecule has 29 heavy (non-hydrogen) atoms. The van der Waals surface area contributed by atoms with Gasteiger partial charge in [0.1, 0.15) is 5.82 Å². The molecule has 1 aliphatic rings. The fraction of sp³-hybridized carbons (Fsp3) is 0.273. The van der Waals surface area contributed by atoms with Gasteiger partial charge >= 0.3 is 0 Å². The number of rotatable bonds is 4. The zero-order valence-corrected chi connectivity index (χ0v) is 18.8. The number of anilines is 1. The first kappa shape index (κ1) is 25.2. The van der Waals surface area contributed by atoms with Crippen molar-refractivity contribution in [3.8, 4) is 0 Å². The number of benzene rings is 1. The summed E-state index contributed by atoms with van der Waals surface area (Å²) in [6.07, 6.45) is 5.89. The molecule has 0 spiro atoms. The second-order valence-corrected chi connectivity index (χ2v) is 6.60. The predicted molar refractivity (Wildman–Crippen MR) is 131 cm³/mol. The van der Waals surface area contributed by atoms with E-state index >= 15 is 0 Å². The van der Waals surface area contributed by atoms with Gasteiger partial charge in [0.05, 0.1) is 11.4 Å². The normalized spacial score (nSPS) is 14.2. The SMILES string of the molecule is CCN1CCN(c2nc(C=Cc3ccccn3)cc3ccccc23)CC1.Cl.Cl.Cl. The van der Waals surface area contributed by atoms with Crippen molar-refractivity contribution in [2.45, 2.75) is 6.92 Å². The Morgan fingerprint density at radius 1 is 0.862 bits per heavy atom. The molecule has 4 rings (SSSR count). The summed E-state index contributed by atoms with van der Waals surface area (Å²) in [7, 11) is 0. The van der Waals surface area contributed by atoms with E-state index in [1.165, 1.54) is 10.8 Å². The second kappa shape index (κ2) is 12.0. The van der Waals surface area contributed by atoms with Crippen LogP contribution in [0, 0.1) is 0 Å². The zero-order valence-electron chi connectivity index (χ0n) is 16.4. The zero-order chi connectivity index (χ0) is 17.8. The second-order valence-electron chi connectivity index (χ2n) is 6.60. The lowest BCUT2D eigenvalue weighted by Crippen LogP contribution is -2.46. The minimum Gasteiger partial charge on any atom is -0.354 e. The monoisotopic (exact) mass is 452 g/mol. The highest BCUT2D eigenvalue weighted by molar-refractivity contribution is 5.94. The predicted octanol–water partition coefficient (Wildman–Crippen LogP) is 5.21. The van der Waals surface area contributed by atoms with Crippen molar-refractivity contribution >= 4 is 66.0 Å². The molecule has 2 aromatic heterocycles. The van der Waals surface area contributed by atoms with E-state index in [2.05, 4.69) is 58.1 Å². The van der Waals surface area contributed by atoms with Crippen LogP contribution in [0.2, 0.25) is 0 Å². The molecule has 0 N–H and O–H groups in total. The van der Waals surface area contributed by atoms with Gasteiger partial charge in [0, 0.05) is 37.8 Å². The van der Waals surface area contributed by atoms with Crippen LogP contribution in [-0.4, -0.2) is 47.6 Å². The molecule has 0 amide bonds. The number of piperazine rings is 1. The van der Waals surface area contributed by atoms with Crippen LogP contribution in [0.15, 0.2) is 54.7 Å². The number of fused-ring (bicyclic) bond motifs is 1. The third kappa shape index (κ3) is 6.06. The number of likely N-dealkylation sites (N-methyl/N-ethyl adjacent to an activating group) is 1. The summed E-state index contributed by atoms with van der Waals surface area (Å²) < 4.78 is 0. The summed E-state index contributed by atoms with van der Waals surface area (Å²) in [5.74, 6) is 1.10. The van der Waals surface area contributed by atoms with Crippen molar-refractivity contribution in [2.75, 3.05) is 37.6 Å². The molecule has 1 aromatic carbocycles. The van der Waals surface area contributed by atoms with Crippen LogP contribution < -0.4 is 4.90 Å². The van der Waals surface area contributed by atoms with Gasteiger partial charge in [-0.05, 0) is 42.3 Å². The van der Waals surface area contributed by atoms with Gasteiger partial charge in [-0.25, -0.2) is 4.98 Å². The number of halogens is 3. The lowest BCUT2D eigenvalue weighted by atomic mass is 10.1. The average Bonchev–Trinajstić information content (AvgIpc) is 2.72. The van der Waals surface area contributed by atoms with Crippen molar-refractivity contribution in [3.05, 3.63) is 66.1 Å². The minimum atomic E-state index is 0. The Labute approximate surface area is 191 Å². The largest absolute Gasteiger partial charge is 0.354 e. The van der Waals surface area contributed by atoms with E-state index in [0.717, 1.165) is 49.9 Å². The molecule has 0 unspecified atom stereocenters. The molecule has 1 fully saturated rings. The molecule has 7 heteroatoms. The van der Waals surface area contributed by atoms with Gasteiger partial charge in [-0.2, -0.15) is 0 Å². The molecule has 0 aliphatic carbocycles. The third-order valence-corrected chi connectivity index (χ3v) is 4.97. The van der Waals surface area contributed by atoms with E-state index in [9.17, 15) is 0 Å². The fourth-order valence-corrected chi connectivity index (χ4v) is 3.45. The van der Waals surface area contributed by atoms with E-state index in [1.807, 2.05) is 30.5 Å². The highest BCUT2D eigenvalue weighted by atomic mass is 35.5. The Kier molecular flexibility index (Phi) is 10.4. The number of aromatic nitrogens is 2. The van der Waals surface area contributed by atoms with Crippen LogP contribution in [0.5, 0.6) is 0 Å². The van der Waals surface area contributed by atoms with Crippen LogP contribution in [0.4, 0.5) is 5.82 Å². The summed E-state index contributed by atoms with van der Waals surface area (Å²) in [5.41, 5.74) is 1.92. The lowest BCUT2D eigenvalue weighted by Gasteiger charge is -2.35. The summed E-state index contributed by atoms with van der Waals surface area (Å²) in [5, 5.41) is 2.46. The molecular weight excluding hydrogens is 427 g/mol. The van der Waals surface area contributed by atoms with Crippen LogP contribution in [0.1, 0.15) is 18.3 Å². The van der Waals surface area contributed by atoms with Crippen LogP contribution >= 0.6 is 37.2 Å². The van der Waals surface area contributed by atoms with Crippen molar-refractivity contribution in [1.82, 2.24) is 14.9 Å². The fourth-order valence-electron chi connectivity index (χ4n) is 3.45. The van der Waals surface area contributed by atoms with Crippen molar-refractivity contribution in [2.24, 2.45) is 0 Å². The maximum atomic E-state index is 4.98. The van der Waals surface area contributed by atoms with E-state index in [4.69, 9.17) is 4.98 Å². The highest BCUT2D eigenvalue weighted by Gasteiger charge is 2.19. The van der Waals surface area contributed by atoms with Crippen LogP contribution in [-0.2, 0) is 0 Å². The van der Waals surface area contributed by atoms with E-state index in [0.29, 0.717) is 0 Å². The minimum absolute atomic E-state index is 0. The number of hydrogen-bond acceptors (Lipinski definition) is 4. The maximum Gasteiger partial charge on any atom is 0.137 e. The first-order valence-corrected chi connectivity index (χ1v) is 9.29. The summed E-state index contributed by atoms with van der Waals surface area (Å²) in [6.45, 7) is 7.60. The van der Waals surface area contributed by atoms with Gasteiger partial charge in [0.15, 0.2) is 0 Å². The average molecular weight is 454 g/mol. The molecule has 4 nitrogen and oxygen atoms in total. The molecule has 3 aromatic rings. The number of pyridine rings is 2. The highest BCUT2D eigenvalue weighted by Crippen LogP contribution is 2.27. The first-order valence-electron chi connectivity index (χ1n) is 9.29. The number of hydrogen-bond donors (Lipinski definition) is 0. The van der Waals surface area contributed by atoms with Gasteiger partial charge < -0.3 is 9.80 Å². The van der Waals surface area contributed by atoms with Crippen LogP contribution in [0.3, 0.4) is 0 Å². The maximum absolute atomic E-state index is 4.98. The number of nitrogens with zero attached hydrogens (tertiary/aromatic N) is 4. The van der Waals surface area contributed by atoms with E-state index in [-0.39, 0.29) is 37.2 Å². The Morgan fingerprint density at radius 2 is 1.55 bits per heavy atom. The topological polar surface area (TPSA) is 32.3 Å². The van der Waals surface area contributed by atoms with Gasteiger partial charge in [0.25, 0.3) is 0 Å². The van der Waals surface area contributed by atoms with E-state index < -0.39 is 0 Å². The van der Waals surface area contributed by atoms with Gasteiger partial charge in [-0.3, -0.25) is 4.98 Å². The summed E-state index contributed by atoms with van der Waals surface area (Å²) in [4.78, 5) is 14.3. The molecule has 3 heterocycles. The standard InChI is InChI=1S/C22H24N4.3ClH/c1-2-25-13-15-26(16-14-25)22-21-9-4-3-7-18(21)17-20(24-22)11-10-19-8-5-6-12-23-19;;;/h3-12,17H,2,13-16H2,1H3;3*1H. The van der Waals surface area contributed by atoms with Gasteiger partial charge in [0.2, 0.25) is 0 Å². The smallest absolute Gasteiger partial charge is 0.137 e. The summed E-state index contributed by atoms with van der Waals surface area (Å²) in [6, 6.07) is 16.6. The Morgan fingerprint density at radius 3 is 2.24 bits per heavy atom. The molecule has 0 atom stereocenters. The first-order chi connectivity index (χ1) is 12.8. The molecule has 156 valence electrons. The van der Waals surface area contributed by atoms with Gasteiger partial charge in [-0.1, -0.05) is 37.3 Å². The molecular formula is C22H27Cl3N4. The Hall–Kier alpha value is -1.85. The molecule has 0 saturated carbocycles. The molecule has 0 radical (unpaired) electrons. The Balaban J connectivity index is 0.00000140. The quantitative estimate of drug-likeness (QED) is 0.543. The molecule has 1 saturated heterocycles. The molecule has 0 bridgehead atoms. The van der Waals surface area contributed by atoms with Crippen LogP contribution in [0.25, 0.3) is 22.9 Å². The molecule has 1 aliphatic heterocycles. The lowest BCUT2D eigenvalue weighted by molar-refractivity contribution is 0.271. The van der Waals surface area contributed by atoms with Crippen molar-refractivity contribution in [3.63, 3.8) is 0 Å².